The second-order valence-corrected chi connectivity index (χ2v) is 5.76. The Labute approximate surface area is 146 Å². The molecule has 1 fully saturated rings. The first-order chi connectivity index (χ1) is 12.1. The minimum absolute atomic E-state index is 0.156. The number of ether oxygens (including phenoxy) is 1. The molecule has 1 aliphatic heterocycles. The van der Waals surface area contributed by atoms with Crippen molar-refractivity contribution < 1.29 is 24.2 Å². The lowest BCUT2D eigenvalue weighted by Gasteiger charge is -2.26. The minimum Gasteiger partial charge on any atom is -0.478 e. The van der Waals surface area contributed by atoms with Gasteiger partial charge in [0, 0.05) is 49.8 Å². The molecule has 1 saturated heterocycles. The molecule has 1 aromatic carbocycles. The molecule has 0 spiro atoms. The largest absolute Gasteiger partial charge is 0.478 e. The number of carbonyl (C=O) groups is 3. The third-order valence-electron chi connectivity index (χ3n) is 3.90. The van der Waals surface area contributed by atoms with Crippen molar-refractivity contribution in [1.82, 2.24) is 10.2 Å². The maximum atomic E-state index is 12.1. The van der Waals surface area contributed by atoms with Crippen LogP contribution in [0.4, 0.5) is 0 Å². The molecule has 0 unspecified atom stereocenters. The molecule has 134 valence electrons. The van der Waals surface area contributed by atoms with E-state index >= 15 is 0 Å². The highest BCUT2D eigenvalue weighted by atomic mass is 16.5. The zero-order chi connectivity index (χ0) is 18.1. The first kappa shape index (κ1) is 18.8. The SMILES string of the molecule is O=C/C(=C/C(=O)O)Cc1ccc(C(=O)NCCN2CCOCC2)cc1. The fourth-order valence-electron chi connectivity index (χ4n) is 2.55. The van der Waals surface area contributed by atoms with Crippen molar-refractivity contribution in [2.45, 2.75) is 6.42 Å². The highest BCUT2D eigenvalue weighted by Crippen LogP contribution is 2.09. The molecule has 7 heteroatoms. The maximum absolute atomic E-state index is 12.1. The second kappa shape index (κ2) is 9.71. The van der Waals surface area contributed by atoms with Gasteiger partial charge >= 0.3 is 5.97 Å². The Morgan fingerprint density at radius 2 is 1.88 bits per heavy atom. The molecule has 0 aliphatic carbocycles. The van der Waals surface area contributed by atoms with Crippen LogP contribution >= 0.6 is 0 Å². The summed E-state index contributed by atoms with van der Waals surface area (Å²) in [5.41, 5.74) is 1.47. The highest BCUT2D eigenvalue weighted by Gasteiger charge is 2.11. The van der Waals surface area contributed by atoms with Crippen LogP contribution in [0.25, 0.3) is 0 Å². The molecule has 0 radical (unpaired) electrons. The normalized spacial score (nSPS) is 15.6. The van der Waals surface area contributed by atoms with Gasteiger partial charge in [0.2, 0.25) is 0 Å². The number of benzene rings is 1. The Balaban J connectivity index is 1.82. The van der Waals surface area contributed by atoms with Gasteiger partial charge in [-0.2, -0.15) is 0 Å². The molecule has 1 heterocycles. The predicted octanol–water partition coefficient (Wildman–Crippen LogP) is 0.501. The van der Waals surface area contributed by atoms with Crippen LogP contribution in [0.15, 0.2) is 35.9 Å². The van der Waals surface area contributed by atoms with E-state index in [1.165, 1.54) is 0 Å². The molecule has 2 rings (SSSR count). The van der Waals surface area contributed by atoms with E-state index in [0.29, 0.717) is 18.4 Å². The van der Waals surface area contributed by atoms with Gasteiger partial charge in [0.15, 0.2) is 0 Å². The number of allylic oxidation sites excluding steroid dienone is 1. The van der Waals surface area contributed by atoms with Gasteiger partial charge in [-0.05, 0) is 17.7 Å². The van der Waals surface area contributed by atoms with Crippen LogP contribution in [-0.2, 0) is 20.7 Å². The lowest BCUT2D eigenvalue weighted by Crippen LogP contribution is -2.41. The van der Waals surface area contributed by atoms with Crippen LogP contribution in [0.5, 0.6) is 0 Å². The number of carboxylic acid groups (broad SMARTS) is 1. The summed E-state index contributed by atoms with van der Waals surface area (Å²) in [5.74, 6) is -1.31. The molecule has 0 atom stereocenters. The molecule has 0 bridgehead atoms. The van der Waals surface area contributed by atoms with E-state index in [4.69, 9.17) is 9.84 Å². The summed E-state index contributed by atoms with van der Waals surface area (Å²) >= 11 is 0. The number of aliphatic carboxylic acids is 1. The van der Waals surface area contributed by atoms with Crippen molar-refractivity contribution in [2.75, 3.05) is 39.4 Å². The van der Waals surface area contributed by atoms with Gasteiger partial charge < -0.3 is 15.2 Å². The summed E-state index contributed by atoms with van der Waals surface area (Å²) in [6, 6.07) is 6.78. The number of nitrogens with zero attached hydrogens (tertiary/aromatic N) is 1. The summed E-state index contributed by atoms with van der Waals surface area (Å²) in [5, 5.41) is 11.6. The van der Waals surface area contributed by atoms with Crippen molar-refractivity contribution in [3.05, 3.63) is 47.0 Å². The van der Waals surface area contributed by atoms with Crippen LogP contribution in [0.3, 0.4) is 0 Å². The summed E-state index contributed by atoms with van der Waals surface area (Å²) in [6.07, 6.45) is 1.63. The van der Waals surface area contributed by atoms with E-state index in [1.54, 1.807) is 24.3 Å². The Morgan fingerprint density at radius 3 is 2.48 bits per heavy atom. The van der Waals surface area contributed by atoms with Crippen LogP contribution in [0.1, 0.15) is 15.9 Å². The number of hydrogen-bond acceptors (Lipinski definition) is 5. The molecule has 2 N–H and O–H groups in total. The number of nitrogens with one attached hydrogen (secondary N) is 1. The molecule has 7 nitrogen and oxygen atoms in total. The van der Waals surface area contributed by atoms with Crippen molar-refractivity contribution in [2.24, 2.45) is 0 Å². The van der Waals surface area contributed by atoms with Crippen molar-refractivity contribution in [3.63, 3.8) is 0 Å². The van der Waals surface area contributed by atoms with E-state index in [0.717, 1.165) is 44.5 Å². The fraction of sp³-hybridized carbons (Fsp3) is 0.389. The first-order valence-electron chi connectivity index (χ1n) is 8.14. The van der Waals surface area contributed by atoms with Gasteiger partial charge in [-0.3, -0.25) is 14.5 Å². The second-order valence-electron chi connectivity index (χ2n) is 5.76. The smallest absolute Gasteiger partial charge is 0.328 e. The van der Waals surface area contributed by atoms with E-state index in [2.05, 4.69) is 10.2 Å². The first-order valence-corrected chi connectivity index (χ1v) is 8.14. The molecular formula is C18H22N2O5. The number of hydrogen-bond donors (Lipinski definition) is 2. The standard InChI is InChI=1S/C18H22N2O5/c21-13-15(12-17(22)23)11-14-1-3-16(4-2-14)18(24)19-5-6-20-7-9-25-10-8-20/h1-4,12-13H,5-11H2,(H,19,24)(H,22,23)/b15-12+. The molecule has 0 aromatic heterocycles. The zero-order valence-electron chi connectivity index (χ0n) is 13.9. The molecule has 1 amide bonds. The van der Waals surface area contributed by atoms with E-state index in [-0.39, 0.29) is 17.9 Å². The summed E-state index contributed by atoms with van der Waals surface area (Å²) in [6.45, 7) is 4.58. The number of carbonyl (C=O) groups excluding carboxylic acids is 2. The highest BCUT2D eigenvalue weighted by molar-refractivity contribution is 5.94. The van der Waals surface area contributed by atoms with Crippen LogP contribution in [0, 0.1) is 0 Å². The number of amides is 1. The Kier molecular flexibility index (Phi) is 7.31. The van der Waals surface area contributed by atoms with E-state index < -0.39 is 5.97 Å². The zero-order valence-corrected chi connectivity index (χ0v) is 13.9. The van der Waals surface area contributed by atoms with Gasteiger partial charge in [0.05, 0.1) is 13.2 Å². The van der Waals surface area contributed by atoms with E-state index in [1.807, 2.05) is 0 Å². The van der Waals surface area contributed by atoms with Gasteiger partial charge in [-0.25, -0.2) is 4.79 Å². The number of aldehydes is 1. The number of carboxylic acids is 1. The number of rotatable bonds is 8. The van der Waals surface area contributed by atoms with Crippen LogP contribution in [-0.4, -0.2) is 67.6 Å². The van der Waals surface area contributed by atoms with Crippen LogP contribution in [0.2, 0.25) is 0 Å². The maximum Gasteiger partial charge on any atom is 0.328 e. The van der Waals surface area contributed by atoms with Gasteiger partial charge in [0.25, 0.3) is 5.91 Å². The molecule has 1 aliphatic rings. The lowest BCUT2D eigenvalue weighted by atomic mass is 10.0. The van der Waals surface area contributed by atoms with Crippen LogP contribution < -0.4 is 5.32 Å². The average Bonchev–Trinajstić information content (AvgIpc) is 2.62. The molecule has 1 aromatic rings. The summed E-state index contributed by atoms with van der Waals surface area (Å²) < 4.78 is 5.28. The molecule has 0 saturated carbocycles. The molecular weight excluding hydrogens is 324 g/mol. The summed E-state index contributed by atoms with van der Waals surface area (Å²) in [4.78, 5) is 35.8. The van der Waals surface area contributed by atoms with Gasteiger partial charge in [-0.15, -0.1) is 0 Å². The summed E-state index contributed by atoms with van der Waals surface area (Å²) in [7, 11) is 0. The topological polar surface area (TPSA) is 95.9 Å². The monoisotopic (exact) mass is 346 g/mol. The lowest BCUT2D eigenvalue weighted by molar-refractivity contribution is -0.131. The van der Waals surface area contributed by atoms with Crippen molar-refractivity contribution >= 4 is 18.2 Å². The average molecular weight is 346 g/mol. The number of morpholine rings is 1. The Morgan fingerprint density at radius 1 is 1.20 bits per heavy atom. The quantitative estimate of drug-likeness (QED) is 0.526. The minimum atomic E-state index is -1.15. The Bertz CT molecular complexity index is 633. The van der Waals surface area contributed by atoms with Gasteiger partial charge in [-0.1, -0.05) is 12.1 Å². The fourth-order valence-corrected chi connectivity index (χ4v) is 2.55. The van der Waals surface area contributed by atoms with Crippen molar-refractivity contribution in [3.8, 4) is 0 Å². The Hall–Kier alpha value is -2.51. The molecule has 25 heavy (non-hydrogen) atoms. The van der Waals surface area contributed by atoms with E-state index in [9.17, 15) is 14.4 Å². The van der Waals surface area contributed by atoms with Gasteiger partial charge in [0.1, 0.15) is 6.29 Å². The third kappa shape index (κ3) is 6.48. The van der Waals surface area contributed by atoms with Crippen molar-refractivity contribution in [1.29, 1.82) is 0 Å². The predicted molar refractivity (Wildman–Crippen MR) is 91.5 cm³/mol. The third-order valence-corrected chi connectivity index (χ3v) is 3.90.